The zero-order valence-corrected chi connectivity index (χ0v) is 30.5. The van der Waals surface area contributed by atoms with Gasteiger partial charge in [0.25, 0.3) is 0 Å². The number of aliphatic hydroxyl groups is 10. The molecule has 0 saturated carbocycles. The molecule has 0 aliphatic carbocycles. The molecule has 8 atom stereocenters. The minimum atomic E-state index is -0.523. The number of hydrogen-bond acceptors (Lipinski definition) is 10. The summed E-state index contributed by atoms with van der Waals surface area (Å²) >= 11 is 0. The second kappa shape index (κ2) is 43.6. The van der Waals surface area contributed by atoms with Crippen molar-refractivity contribution in [1.29, 1.82) is 0 Å². The molecule has 10 heteroatoms. The summed E-state index contributed by atoms with van der Waals surface area (Å²) < 4.78 is 0. The summed E-state index contributed by atoms with van der Waals surface area (Å²) in [6.45, 7) is 15.5. The highest BCUT2D eigenvalue weighted by Crippen LogP contribution is 2.06. The first-order valence-corrected chi connectivity index (χ1v) is 17.8. The maximum Gasteiger partial charge on any atom is 0.0798 e. The van der Waals surface area contributed by atoms with Crippen molar-refractivity contribution in [3.8, 4) is 0 Å². The predicted octanol–water partition coefficient (Wildman–Crippen LogP) is 4.59. The maximum absolute atomic E-state index is 9.07. The van der Waals surface area contributed by atoms with E-state index in [0.29, 0.717) is 45.3 Å². The Labute approximate surface area is 277 Å². The molecule has 0 aromatic carbocycles. The molecule has 0 bridgehead atoms. The maximum atomic E-state index is 9.07. The summed E-state index contributed by atoms with van der Waals surface area (Å²) in [4.78, 5) is 0. The van der Waals surface area contributed by atoms with E-state index in [9.17, 15) is 0 Å². The second-order valence-electron chi connectivity index (χ2n) is 12.0. The van der Waals surface area contributed by atoms with Crippen molar-refractivity contribution in [2.24, 2.45) is 0 Å². The molecular formula is C35H80O10. The van der Waals surface area contributed by atoms with Crippen LogP contribution in [-0.4, -0.2) is 113 Å². The van der Waals surface area contributed by atoms with Crippen LogP contribution in [0.25, 0.3) is 0 Å². The second-order valence-corrected chi connectivity index (χ2v) is 12.0. The molecule has 0 amide bonds. The largest absolute Gasteiger partial charge is 0.396 e. The SMILES string of the molecule is CC(O)CCCC(C)O.CCC(O)CC(O)CC.CCC(O)CCC(C)O.CCCC(O)C(O)CC.OCCCCCCCO. The van der Waals surface area contributed by atoms with Crippen molar-refractivity contribution >= 4 is 0 Å². The summed E-state index contributed by atoms with van der Waals surface area (Å²) in [5, 5.41) is 88.2. The van der Waals surface area contributed by atoms with Gasteiger partial charge in [0.1, 0.15) is 0 Å². The van der Waals surface area contributed by atoms with Crippen LogP contribution in [0.3, 0.4) is 0 Å². The Balaban J connectivity index is -0.000000148. The highest BCUT2D eigenvalue weighted by Gasteiger charge is 2.11. The van der Waals surface area contributed by atoms with Crippen molar-refractivity contribution in [1.82, 2.24) is 0 Å². The molecule has 0 aromatic rings. The Morgan fingerprint density at radius 2 is 0.756 bits per heavy atom. The van der Waals surface area contributed by atoms with Crippen LogP contribution in [0.1, 0.15) is 165 Å². The smallest absolute Gasteiger partial charge is 0.0798 e. The molecule has 0 aromatic heterocycles. The van der Waals surface area contributed by atoms with Crippen molar-refractivity contribution in [3.05, 3.63) is 0 Å². The van der Waals surface area contributed by atoms with E-state index in [-0.39, 0.29) is 36.6 Å². The van der Waals surface area contributed by atoms with Gasteiger partial charge in [-0.1, -0.05) is 60.3 Å². The zero-order chi connectivity index (χ0) is 36.1. The first kappa shape index (κ1) is 54.1. The predicted molar refractivity (Wildman–Crippen MR) is 186 cm³/mol. The normalized spacial score (nSPS) is 15.9. The Kier molecular flexibility index (Phi) is 52.4. The molecule has 0 spiro atoms. The van der Waals surface area contributed by atoms with Gasteiger partial charge in [0, 0.05) is 13.2 Å². The lowest BCUT2D eigenvalue weighted by atomic mass is 10.1. The molecule has 0 saturated heterocycles. The standard InChI is InChI=1S/5C7H16O2/c1-6(8)4-3-5-7(2)9;1-3-7(9)5-4-6(2)8;1-3-6(8)5-7(9)4-2;1-3-5-7(9)6(8)4-2;8-6-4-2-1-3-5-7-9/h4*6-9H,3-5H2,1-2H3;8-9H,1-7H2. The topological polar surface area (TPSA) is 202 Å². The van der Waals surface area contributed by atoms with Crippen LogP contribution in [0.4, 0.5) is 0 Å². The van der Waals surface area contributed by atoms with Gasteiger partial charge in [-0.2, -0.15) is 0 Å². The van der Waals surface area contributed by atoms with Crippen LogP contribution < -0.4 is 0 Å². The number of unbranched alkanes of at least 4 members (excludes halogenated alkanes) is 4. The van der Waals surface area contributed by atoms with Gasteiger partial charge in [-0.25, -0.2) is 0 Å². The minimum Gasteiger partial charge on any atom is -0.396 e. The lowest BCUT2D eigenvalue weighted by Crippen LogP contribution is -2.24. The Morgan fingerprint density at radius 3 is 1.04 bits per heavy atom. The highest BCUT2D eigenvalue weighted by atomic mass is 16.3. The van der Waals surface area contributed by atoms with E-state index in [4.69, 9.17) is 51.1 Å². The Hall–Kier alpha value is -0.400. The highest BCUT2D eigenvalue weighted by molar-refractivity contribution is 4.63. The van der Waals surface area contributed by atoms with Gasteiger partial charge in [0.2, 0.25) is 0 Å². The van der Waals surface area contributed by atoms with E-state index in [2.05, 4.69) is 0 Å². The minimum absolute atomic E-state index is 0.219. The van der Waals surface area contributed by atoms with E-state index in [1.54, 1.807) is 20.8 Å². The fourth-order valence-electron chi connectivity index (χ4n) is 3.51. The lowest BCUT2D eigenvalue weighted by Gasteiger charge is -2.14. The fraction of sp³-hybridized carbons (Fsp3) is 1.00. The molecule has 0 heterocycles. The van der Waals surface area contributed by atoms with Gasteiger partial charge in [-0.05, 0) is 104 Å². The molecule has 0 rings (SSSR count). The summed E-state index contributed by atoms with van der Waals surface area (Å²) in [6, 6.07) is 0. The molecule has 10 nitrogen and oxygen atoms in total. The van der Waals surface area contributed by atoms with Crippen molar-refractivity contribution in [2.75, 3.05) is 13.2 Å². The summed E-state index contributed by atoms with van der Waals surface area (Å²) in [7, 11) is 0. The van der Waals surface area contributed by atoms with Crippen LogP contribution in [-0.2, 0) is 0 Å². The lowest BCUT2D eigenvalue weighted by molar-refractivity contribution is 0.0124. The third-order valence-corrected chi connectivity index (χ3v) is 6.88. The van der Waals surface area contributed by atoms with Gasteiger partial charge in [-0.3, -0.25) is 0 Å². The molecule has 280 valence electrons. The summed E-state index contributed by atoms with van der Waals surface area (Å²) in [6.07, 6.45) is 11.5. The van der Waals surface area contributed by atoms with Gasteiger partial charge in [0.05, 0.1) is 48.8 Å². The van der Waals surface area contributed by atoms with Crippen LogP contribution in [0, 0.1) is 0 Å². The quantitative estimate of drug-likeness (QED) is 0.0732. The van der Waals surface area contributed by atoms with Crippen LogP contribution >= 0.6 is 0 Å². The third kappa shape index (κ3) is 59.5. The molecule has 0 aliphatic heterocycles. The van der Waals surface area contributed by atoms with Crippen LogP contribution in [0.2, 0.25) is 0 Å². The van der Waals surface area contributed by atoms with E-state index in [0.717, 1.165) is 77.0 Å². The average Bonchev–Trinajstić information content (AvgIpc) is 3.00. The number of aliphatic hydroxyl groups excluding tert-OH is 10. The van der Waals surface area contributed by atoms with E-state index >= 15 is 0 Å². The average molecular weight is 661 g/mol. The molecule has 10 N–H and O–H groups in total. The molecule has 0 fully saturated rings. The van der Waals surface area contributed by atoms with Gasteiger partial charge < -0.3 is 51.1 Å². The first-order valence-electron chi connectivity index (χ1n) is 17.8. The molecular weight excluding hydrogens is 580 g/mol. The Morgan fingerprint density at radius 1 is 0.378 bits per heavy atom. The zero-order valence-electron chi connectivity index (χ0n) is 30.5. The van der Waals surface area contributed by atoms with E-state index < -0.39 is 12.2 Å². The molecule has 0 radical (unpaired) electrons. The number of hydrogen-bond donors (Lipinski definition) is 10. The number of rotatable bonds is 22. The third-order valence-electron chi connectivity index (χ3n) is 6.88. The van der Waals surface area contributed by atoms with Gasteiger partial charge in [-0.15, -0.1) is 0 Å². The van der Waals surface area contributed by atoms with E-state index in [1.807, 2.05) is 34.6 Å². The summed E-state index contributed by atoms with van der Waals surface area (Å²) in [5.41, 5.74) is 0. The molecule has 8 unspecified atom stereocenters. The monoisotopic (exact) mass is 661 g/mol. The van der Waals surface area contributed by atoms with Crippen LogP contribution in [0.5, 0.6) is 0 Å². The Bertz CT molecular complexity index is 473. The summed E-state index contributed by atoms with van der Waals surface area (Å²) in [5.74, 6) is 0. The molecule has 45 heavy (non-hydrogen) atoms. The van der Waals surface area contributed by atoms with Crippen molar-refractivity contribution in [2.45, 2.75) is 213 Å². The van der Waals surface area contributed by atoms with Gasteiger partial charge >= 0.3 is 0 Å². The fourth-order valence-corrected chi connectivity index (χ4v) is 3.51. The molecule has 0 aliphatic rings. The van der Waals surface area contributed by atoms with Crippen molar-refractivity contribution in [3.63, 3.8) is 0 Å². The van der Waals surface area contributed by atoms with Gasteiger partial charge in [0.15, 0.2) is 0 Å². The van der Waals surface area contributed by atoms with Crippen LogP contribution in [0.15, 0.2) is 0 Å². The first-order chi connectivity index (χ1) is 21.1. The van der Waals surface area contributed by atoms with E-state index in [1.165, 1.54) is 0 Å². The van der Waals surface area contributed by atoms with Crippen molar-refractivity contribution < 1.29 is 51.1 Å².